The average Bonchev–Trinajstić information content (AvgIpc) is 3.89. The third kappa shape index (κ3) is 6.09. The van der Waals surface area contributed by atoms with Gasteiger partial charge in [0, 0.05) is 42.8 Å². The van der Waals surface area contributed by atoms with Crippen molar-refractivity contribution in [3.8, 4) is 12.1 Å². The Hall–Kier alpha value is -4.17. The number of piperazine rings is 1. The van der Waals surface area contributed by atoms with Gasteiger partial charge in [0.15, 0.2) is 9.84 Å². The summed E-state index contributed by atoms with van der Waals surface area (Å²) in [4.78, 5) is 28.4. The van der Waals surface area contributed by atoms with E-state index in [4.69, 9.17) is 14.7 Å². The van der Waals surface area contributed by atoms with Crippen LogP contribution >= 0.6 is 0 Å². The zero-order chi connectivity index (χ0) is 30.8. The maximum atomic E-state index is 12.5. The Balaban J connectivity index is 1.30. The first-order valence-electron chi connectivity index (χ1n) is 15.3. The summed E-state index contributed by atoms with van der Waals surface area (Å²) < 4.78 is 30.8. The monoisotopic (exact) mass is 614 g/mol. The van der Waals surface area contributed by atoms with Crippen LogP contribution < -0.4 is 14.5 Å². The van der Waals surface area contributed by atoms with E-state index in [0.29, 0.717) is 32.6 Å². The maximum absolute atomic E-state index is 12.5. The van der Waals surface area contributed by atoms with Gasteiger partial charge in [0.25, 0.3) is 0 Å². The quantitative estimate of drug-likeness (QED) is 0.247. The lowest BCUT2D eigenvalue weighted by molar-refractivity contribution is -0.128. The van der Waals surface area contributed by atoms with Gasteiger partial charge in [-0.2, -0.15) is 15.2 Å². The Labute approximate surface area is 258 Å². The number of fused-ring (bicyclic) bond motifs is 2. The van der Waals surface area contributed by atoms with Crippen LogP contribution in [0.4, 0.5) is 11.5 Å². The van der Waals surface area contributed by atoms with Crippen LogP contribution in [-0.2, 0) is 27.6 Å². The fraction of sp³-hybridized carbons (Fsp3) is 0.455. The summed E-state index contributed by atoms with van der Waals surface area (Å²) in [6.07, 6.45) is 4.11. The lowest BCUT2D eigenvalue weighted by Gasteiger charge is -2.42. The molecule has 2 fully saturated rings. The molecule has 3 aromatic rings. The van der Waals surface area contributed by atoms with Gasteiger partial charge in [-0.3, -0.25) is 4.79 Å². The van der Waals surface area contributed by atoms with Crippen molar-refractivity contribution in [3.63, 3.8) is 0 Å². The number of nitriles is 1. The van der Waals surface area contributed by atoms with Gasteiger partial charge in [-0.25, -0.2) is 8.42 Å². The van der Waals surface area contributed by atoms with Gasteiger partial charge in [0.2, 0.25) is 5.91 Å². The Morgan fingerprint density at radius 3 is 2.68 bits per heavy atom. The first kappa shape index (κ1) is 29.9. The first-order chi connectivity index (χ1) is 21.3. The lowest BCUT2D eigenvalue weighted by Crippen LogP contribution is -2.55. The molecule has 2 aliphatic heterocycles. The van der Waals surface area contributed by atoms with E-state index in [1.807, 2.05) is 0 Å². The Morgan fingerprint density at radius 2 is 1.93 bits per heavy atom. The maximum Gasteiger partial charge on any atom is 0.318 e. The Kier molecular flexibility index (Phi) is 8.45. The number of benzene rings is 2. The van der Waals surface area contributed by atoms with E-state index in [1.165, 1.54) is 22.4 Å². The zero-order valence-corrected chi connectivity index (χ0v) is 25.9. The van der Waals surface area contributed by atoms with Crippen LogP contribution in [0.5, 0.6) is 6.01 Å². The molecule has 0 spiro atoms. The van der Waals surface area contributed by atoms with Gasteiger partial charge in [-0.1, -0.05) is 36.9 Å². The molecule has 44 heavy (non-hydrogen) atoms. The molecule has 0 unspecified atom stereocenters. The second kappa shape index (κ2) is 12.4. The van der Waals surface area contributed by atoms with Gasteiger partial charge in [-0.15, -0.1) is 0 Å². The number of aromatic nitrogens is 2. The second-order valence-electron chi connectivity index (χ2n) is 11.8. The van der Waals surface area contributed by atoms with Crippen molar-refractivity contribution in [1.82, 2.24) is 14.9 Å². The van der Waals surface area contributed by atoms with Gasteiger partial charge in [-0.05, 0) is 55.7 Å². The molecule has 6 rings (SSSR count). The Bertz CT molecular complexity index is 1730. The highest BCUT2D eigenvalue weighted by Crippen LogP contribution is 2.36. The number of anilines is 2. The van der Waals surface area contributed by atoms with E-state index in [2.05, 4.69) is 65.8 Å². The van der Waals surface area contributed by atoms with Gasteiger partial charge < -0.3 is 19.4 Å². The highest BCUT2D eigenvalue weighted by molar-refractivity contribution is 7.92. The van der Waals surface area contributed by atoms with E-state index < -0.39 is 9.84 Å². The molecule has 230 valence electrons. The molecule has 1 aromatic heterocycles. The summed E-state index contributed by atoms with van der Waals surface area (Å²) in [6.45, 7) is 8.78. The van der Waals surface area contributed by atoms with E-state index >= 15 is 0 Å². The Morgan fingerprint density at radius 1 is 1.14 bits per heavy atom. The third-order valence-electron chi connectivity index (χ3n) is 8.86. The highest BCUT2D eigenvalue weighted by Gasteiger charge is 2.35. The van der Waals surface area contributed by atoms with Crippen molar-refractivity contribution < 1.29 is 17.9 Å². The molecule has 3 heterocycles. The van der Waals surface area contributed by atoms with Crippen molar-refractivity contribution in [2.24, 2.45) is 0 Å². The van der Waals surface area contributed by atoms with Crippen molar-refractivity contribution in [1.29, 1.82) is 5.26 Å². The minimum Gasteiger partial charge on any atom is -0.463 e. The molecule has 0 N–H and O–H groups in total. The molecule has 1 amide bonds. The van der Waals surface area contributed by atoms with Crippen molar-refractivity contribution >= 4 is 38.0 Å². The van der Waals surface area contributed by atoms with Crippen LogP contribution in [0, 0.1) is 18.3 Å². The standard InChI is InChI=1S/C33H38N6O4S/c1-3-30(40)39-18-17-38(21-25(39)13-15-34)32-27-14-16-37(29-10-5-9-24-8-4-7-23(2)31(24)29)22-28(27)35-33(36-32)43-19-6-20-44(41,42)26-11-12-26/h3-5,7-10,25-26H,1,6,11-14,16-22H2,2H3/t25-/m0/s1. The molecule has 3 aliphatic rings. The molecule has 0 radical (unpaired) electrons. The molecule has 1 saturated heterocycles. The summed E-state index contributed by atoms with van der Waals surface area (Å²) in [6, 6.07) is 14.9. The highest BCUT2D eigenvalue weighted by atomic mass is 32.2. The third-order valence-corrected chi connectivity index (χ3v) is 11.2. The fourth-order valence-electron chi connectivity index (χ4n) is 6.44. The van der Waals surface area contributed by atoms with Crippen LogP contribution in [0.3, 0.4) is 0 Å². The number of hydrogen-bond acceptors (Lipinski definition) is 9. The number of amides is 1. The topological polar surface area (TPSA) is 120 Å². The SMILES string of the molecule is C=CC(=O)N1CCN(c2nc(OCCCS(=O)(=O)C3CC3)nc3c2CCN(c2cccc4cccc(C)c24)C3)C[C@@H]1CC#N. The van der Waals surface area contributed by atoms with Crippen LogP contribution in [-0.4, -0.2) is 79.0 Å². The zero-order valence-electron chi connectivity index (χ0n) is 25.1. The number of ether oxygens (including phenoxy) is 1. The normalized spacial score (nSPS) is 18.5. The molecular formula is C33H38N6O4S. The molecule has 11 heteroatoms. The van der Waals surface area contributed by atoms with E-state index in [9.17, 15) is 18.5 Å². The van der Waals surface area contributed by atoms with E-state index in [0.717, 1.165) is 48.6 Å². The van der Waals surface area contributed by atoms with Crippen molar-refractivity contribution in [2.45, 2.75) is 56.9 Å². The predicted octanol–water partition coefficient (Wildman–Crippen LogP) is 3.96. The van der Waals surface area contributed by atoms with Crippen molar-refractivity contribution in [3.05, 3.63) is 65.9 Å². The van der Waals surface area contributed by atoms with Crippen LogP contribution in [0.2, 0.25) is 0 Å². The molecule has 1 atom stereocenters. The fourth-order valence-corrected chi connectivity index (χ4v) is 8.15. The van der Waals surface area contributed by atoms with Crippen LogP contribution in [0.1, 0.15) is 42.5 Å². The number of carbonyl (C=O) groups excluding carboxylic acids is 1. The lowest BCUT2D eigenvalue weighted by atomic mass is 9.99. The molecule has 1 saturated carbocycles. The van der Waals surface area contributed by atoms with E-state index in [1.54, 1.807) is 4.90 Å². The molecule has 2 aromatic carbocycles. The number of rotatable bonds is 10. The number of carbonyl (C=O) groups is 1. The first-order valence-corrected chi connectivity index (χ1v) is 17.0. The van der Waals surface area contributed by atoms with Gasteiger partial charge >= 0.3 is 6.01 Å². The summed E-state index contributed by atoms with van der Waals surface area (Å²) in [5, 5.41) is 11.7. The molecular weight excluding hydrogens is 576 g/mol. The molecule has 10 nitrogen and oxygen atoms in total. The average molecular weight is 615 g/mol. The minimum atomic E-state index is -3.07. The predicted molar refractivity (Wildman–Crippen MR) is 171 cm³/mol. The minimum absolute atomic E-state index is 0.0960. The number of nitrogens with zero attached hydrogens (tertiary/aromatic N) is 6. The second-order valence-corrected chi connectivity index (χ2v) is 14.2. The molecule has 0 bridgehead atoms. The largest absolute Gasteiger partial charge is 0.463 e. The molecule has 1 aliphatic carbocycles. The number of aryl methyl sites for hydroxylation is 1. The summed E-state index contributed by atoms with van der Waals surface area (Å²) >= 11 is 0. The van der Waals surface area contributed by atoms with Gasteiger partial charge in [0.1, 0.15) is 5.82 Å². The number of hydrogen-bond donors (Lipinski definition) is 0. The summed E-state index contributed by atoms with van der Waals surface area (Å²) in [5.41, 5.74) is 4.28. The van der Waals surface area contributed by atoms with E-state index in [-0.39, 0.29) is 42.0 Å². The summed E-state index contributed by atoms with van der Waals surface area (Å²) in [7, 11) is -3.07. The van der Waals surface area contributed by atoms with Gasteiger partial charge in [0.05, 0.1) is 48.4 Å². The summed E-state index contributed by atoms with van der Waals surface area (Å²) in [5.74, 6) is 0.678. The van der Waals surface area contributed by atoms with Crippen molar-refractivity contribution in [2.75, 3.05) is 48.3 Å². The smallest absolute Gasteiger partial charge is 0.318 e. The van der Waals surface area contributed by atoms with Crippen LogP contribution in [0.15, 0.2) is 49.1 Å². The number of sulfone groups is 1. The van der Waals surface area contributed by atoms with Crippen LogP contribution in [0.25, 0.3) is 10.8 Å².